The van der Waals surface area contributed by atoms with Crippen molar-refractivity contribution >= 4 is 23.3 Å². The number of nitrogens with one attached hydrogen (secondary N) is 1. The Kier molecular flexibility index (Phi) is 5.97. The zero-order valence-electron chi connectivity index (χ0n) is 16.7. The highest BCUT2D eigenvalue weighted by Crippen LogP contribution is 2.28. The first kappa shape index (κ1) is 20.3. The van der Waals surface area contributed by atoms with Gasteiger partial charge in [-0.15, -0.1) is 0 Å². The summed E-state index contributed by atoms with van der Waals surface area (Å²) < 4.78 is 26.7. The Bertz CT molecular complexity index is 944. The number of urea groups is 1. The van der Waals surface area contributed by atoms with E-state index in [1.165, 1.54) is 6.07 Å². The van der Waals surface area contributed by atoms with E-state index < -0.39 is 11.6 Å². The van der Waals surface area contributed by atoms with Crippen molar-refractivity contribution < 1.29 is 18.4 Å². The molecule has 1 aliphatic carbocycles. The molecule has 1 saturated heterocycles. The van der Waals surface area contributed by atoms with Gasteiger partial charge in [0.25, 0.3) is 0 Å². The molecule has 2 fully saturated rings. The predicted molar refractivity (Wildman–Crippen MR) is 111 cm³/mol. The van der Waals surface area contributed by atoms with E-state index >= 15 is 0 Å². The van der Waals surface area contributed by atoms with Gasteiger partial charge in [-0.3, -0.25) is 9.69 Å². The van der Waals surface area contributed by atoms with Crippen molar-refractivity contribution in [2.45, 2.75) is 38.6 Å². The van der Waals surface area contributed by atoms with Crippen LogP contribution in [0.3, 0.4) is 0 Å². The second-order valence-corrected chi connectivity index (χ2v) is 7.98. The number of anilines is 2. The van der Waals surface area contributed by atoms with Gasteiger partial charge in [-0.05, 0) is 55.2 Å². The van der Waals surface area contributed by atoms with E-state index in [-0.39, 0.29) is 24.4 Å². The molecule has 0 atom stereocenters. The molecule has 1 saturated carbocycles. The van der Waals surface area contributed by atoms with E-state index in [0.717, 1.165) is 44.2 Å². The summed E-state index contributed by atoms with van der Waals surface area (Å²) in [5.74, 6) is -1.72. The van der Waals surface area contributed by atoms with E-state index in [2.05, 4.69) is 5.32 Å². The molecule has 0 aromatic heterocycles. The number of nitrogens with zero attached hydrogens (tertiary/aromatic N) is 2. The summed E-state index contributed by atoms with van der Waals surface area (Å²) in [4.78, 5) is 28.7. The van der Waals surface area contributed by atoms with Crippen LogP contribution in [-0.2, 0) is 11.3 Å². The highest BCUT2D eigenvalue weighted by Gasteiger charge is 2.28. The third-order valence-corrected chi connectivity index (χ3v) is 5.82. The molecule has 2 aromatic rings. The highest BCUT2D eigenvalue weighted by atomic mass is 19.2. The number of amides is 3. The molecule has 4 rings (SSSR count). The normalized spacial score (nSPS) is 17.5. The maximum atomic E-state index is 13.5. The molecule has 1 heterocycles. The molecule has 0 bridgehead atoms. The van der Waals surface area contributed by atoms with Gasteiger partial charge in [0.05, 0.1) is 0 Å². The molecule has 7 heteroatoms. The minimum absolute atomic E-state index is 0.0367. The minimum Gasteiger partial charge on any atom is -0.326 e. The lowest BCUT2D eigenvalue weighted by Crippen LogP contribution is -2.49. The third kappa shape index (κ3) is 4.45. The molecule has 30 heavy (non-hydrogen) atoms. The SMILES string of the molecule is O=C(Nc1cccc(N2CCCN(Cc3ccc(F)c(F)c3)C2=O)c1)C1CCCC1. The summed E-state index contributed by atoms with van der Waals surface area (Å²) in [6.07, 6.45) is 4.79. The molecule has 5 nitrogen and oxygen atoms in total. The molecule has 1 N–H and O–H groups in total. The first-order valence-corrected chi connectivity index (χ1v) is 10.4. The van der Waals surface area contributed by atoms with E-state index in [4.69, 9.17) is 0 Å². The average Bonchev–Trinajstić information content (AvgIpc) is 3.28. The van der Waals surface area contributed by atoms with Crippen molar-refractivity contribution in [1.29, 1.82) is 0 Å². The summed E-state index contributed by atoms with van der Waals surface area (Å²) in [7, 11) is 0. The lowest BCUT2D eigenvalue weighted by molar-refractivity contribution is -0.119. The van der Waals surface area contributed by atoms with Crippen molar-refractivity contribution in [2.24, 2.45) is 5.92 Å². The second-order valence-electron chi connectivity index (χ2n) is 7.98. The Labute approximate surface area is 174 Å². The molecule has 0 unspecified atom stereocenters. The molecular weight excluding hydrogens is 388 g/mol. The lowest BCUT2D eigenvalue weighted by atomic mass is 10.1. The fourth-order valence-corrected chi connectivity index (χ4v) is 4.21. The summed E-state index contributed by atoms with van der Waals surface area (Å²) in [5.41, 5.74) is 1.93. The van der Waals surface area contributed by atoms with E-state index in [1.54, 1.807) is 9.80 Å². The van der Waals surface area contributed by atoms with E-state index in [9.17, 15) is 18.4 Å². The third-order valence-electron chi connectivity index (χ3n) is 5.82. The molecule has 2 aliphatic rings. The van der Waals surface area contributed by atoms with Crippen LogP contribution in [0.4, 0.5) is 25.0 Å². The second kappa shape index (κ2) is 8.81. The van der Waals surface area contributed by atoms with Crippen molar-refractivity contribution in [3.05, 3.63) is 59.7 Å². The van der Waals surface area contributed by atoms with E-state index in [1.807, 2.05) is 24.3 Å². The number of rotatable bonds is 5. The maximum Gasteiger partial charge on any atom is 0.324 e. The Morgan fingerprint density at radius 3 is 2.57 bits per heavy atom. The summed E-state index contributed by atoms with van der Waals surface area (Å²) in [6, 6.07) is 10.8. The molecule has 3 amide bonds. The number of hydrogen-bond acceptors (Lipinski definition) is 2. The zero-order chi connectivity index (χ0) is 21.1. The van der Waals surface area contributed by atoms with Gasteiger partial charge in [0.15, 0.2) is 11.6 Å². The standard InChI is InChI=1S/C23H25F2N3O2/c24-20-10-9-16(13-21(20)25)15-27-11-4-12-28(23(27)30)19-8-3-7-18(14-19)26-22(29)17-5-1-2-6-17/h3,7-10,13-14,17H,1-2,4-6,11-12,15H2,(H,26,29). The van der Waals surface area contributed by atoms with Crippen LogP contribution in [0.15, 0.2) is 42.5 Å². The number of benzene rings is 2. The topological polar surface area (TPSA) is 52.7 Å². The predicted octanol–water partition coefficient (Wildman–Crippen LogP) is 4.93. The largest absolute Gasteiger partial charge is 0.326 e. The monoisotopic (exact) mass is 413 g/mol. The number of carbonyl (C=O) groups is 2. The van der Waals surface area contributed by atoms with Crippen LogP contribution < -0.4 is 10.2 Å². The van der Waals surface area contributed by atoms with Crippen LogP contribution in [0.25, 0.3) is 0 Å². The fraction of sp³-hybridized carbons (Fsp3) is 0.391. The van der Waals surface area contributed by atoms with Crippen LogP contribution in [0, 0.1) is 17.6 Å². The first-order chi connectivity index (χ1) is 14.5. The highest BCUT2D eigenvalue weighted by molar-refractivity contribution is 5.96. The van der Waals surface area contributed by atoms with Crippen molar-refractivity contribution in [2.75, 3.05) is 23.3 Å². The molecule has 1 aliphatic heterocycles. The van der Waals surface area contributed by atoms with Gasteiger partial charge < -0.3 is 10.2 Å². The van der Waals surface area contributed by atoms with Crippen LogP contribution in [0.5, 0.6) is 0 Å². The fourth-order valence-electron chi connectivity index (χ4n) is 4.21. The van der Waals surface area contributed by atoms with Crippen molar-refractivity contribution in [3.63, 3.8) is 0 Å². The average molecular weight is 413 g/mol. The number of carbonyl (C=O) groups excluding carboxylic acids is 2. The van der Waals surface area contributed by atoms with Gasteiger partial charge in [0.1, 0.15) is 0 Å². The number of halogens is 2. The Morgan fingerprint density at radius 2 is 1.80 bits per heavy atom. The lowest BCUT2D eigenvalue weighted by Gasteiger charge is -2.36. The molecule has 0 spiro atoms. The molecule has 158 valence electrons. The van der Waals surface area contributed by atoms with Gasteiger partial charge in [0.2, 0.25) is 5.91 Å². The number of hydrogen-bond donors (Lipinski definition) is 1. The quantitative estimate of drug-likeness (QED) is 0.756. The van der Waals surface area contributed by atoms with Crippen molar-refractivity contribution in [1.82, 2.24) is 4.90 Å². The van der Waals surface area contributed by atoms with Crippen molar-refractivity contribution in [3.8, 4) is 0 Å². The Hall–Kier alpha value is -2.96. The molecule has 2 aromatic carbocycles. The van der Waals surface area contributed by atoms with Gasteiger partial charge in [-0.1, -0.05) is 25.0 Å². The molecule has 0 radical (unpaired) electrons. The Balaban J connectivity index is 1.45. The molecular formula is C23H25F2N3O2. The first-order valence-electron chi connectivity index (χ1n) is 10.4. The smallest absolute Gasteiger partial charge is 0.324 e. The summed E-state index contributed by atoms with van der Waals surface area (Å²) in [6.45, 7) is 1.32. The van der Waals surface area contributed by atoms with Gasteiger partial charge in [0, 0.05) is 36.9 Å². The van der Waals surface area contributed by atoms with Gasteiger partial charge in [-0.2, -0.15) is 0 Å². The summed E-state index contributed by atoms with van der Waals surface area (Å²) >= 11 is 0. The zero-order valence-corrected chi connectivity index (χ0v) is 16.7. The minimum atomic E-state index is -0.917. The summed E-state index contributed by atoms with van der Waals surface area (Å²) in [5, 5.41) is 2.97. The van der Waals surface area contributed by atoms with Crippen LogP contribution in [0.1, 0.15) is 37.7 Å². The Morgan fingerprint density at radius 1 is 1.00 bits per heavy atom. The van der Waals surface area contributed by atoms with Gasteiger partial charge >= 0.3 is 6.03 Å². The van der Waals surface area contributed by atoms with Crippen LogP contribution in [-0.4, -0.2) is 29.9 Å². The van der Waals surface area contributed by atoms with Crippen LogP contribution >= 0.6 is 0 Å². The van der Waals surface area contributed by atoms with Gasteiger partial charge in [-0.25, -0.2) is 13.6 Å². The van der Waals surface area contributed by atoms with E-state index in [0.29, 0.717) is 30.0 Å². The maximum absolute atomic E-state index is 13.5. The van der Waals surface area contributed by atoms with Crippen LogP contribution in [0.2, 0.25) is 0 Å².